The molecule has 1 aromatic rings. The van der Waals surface area contributed by atoms with E-state index in [4.69, 9.17) is 0 Å². The number of benzene rings is 1. The van der Waals surface area contributed by atoms with Crippen molar-refractivity contribution in [2.45, 2.75) is 30.9 Å². The van der Waals surface area contributed by atoms with Gasteiger partial charge in [-0.05, 0) is 43.0 Å². The fourth-order valence-corrected chi connectivity index (χ4v) is 6.71. The van der Waals surface area contributed by atoms with Crippen molar-refractivity contribution in [1.82, 2.24) is 0 Å². The Hall–Kier alpha value is -1.42. The van der Waals surface area contributed by atoms with E-state index >= 15 is 0 Å². The number of carbonyl (C=O) groups is 1. The molecule has 0 aliphatic carbocycles. The number of rotatable bonds is 4. The molecule has 1 fully saturated rings. The Kier molecular flexibility index (Phi) is 5.43. The summed E-state index contributed by atoms with van der Waals surface area (Å²) in [5.41, 5.74) is 1.23. The Labute approximate surface area is 153 Å². The van der Waals surface area contributed by atoms with Gasteiger partial charge in [0.2, 0.25) is 5.91 Å². The molecule has 3 rings (SSSR count). The molecule has 0 aromatic heterocycles. The highest BCUT2D eigenvalue weighted by molar-refractivity contribution is 8.02. The normalized spacial score (nSPS) is 22.1. The van der Waals surface area contributed by atoms with E-state index in [1.54, 1.807) is 4.90 Å². The van der Waals surface area contributed by atoms with Gasteiger partial charge in [-0.3, -0.25) is 4.79 Å². The Morgan fingerprint density at radius 1 is 1.35 bits per heavy atom. The molecule has 0 spiro atoms. The smallest absolute Gasteiger partial charge is 0.406 e. The van der Waals surface area contributed by atoms with Crippen LogP contribution >= 0.6 is 11.8 Å². The molecule has 10 heteroatoms. The molecule has 1 unspecified atom stereocenters. The van der Waals surface area contributed by atoms with Gasteiger partial charge in [-0.1, -0.05) is 0 Å². The Morgan fingerprint density at radius 2 is 2.12 bits per heavy atom. The monoisotopic (exact) mass is 409 g/mol. The molecule has 2 heterocycles. The molecule has 1 amide bonds. The van der Waals surface area contributed by atoms with E-state index in [9.17, 15) is 26.4 Å². The van der Waals surface area contributed by atoms with Crippen molar-refractivity contribution in [2.24, 2.45) is 0 Å². The van der Waals surface area contributed by atoms with Crippen LogP contribution in [0.2, 0.25) is 0 Å². The summed E-state index contributed by atoms with van der Waals surface area (Å²) >= 11 is 1.33. The van der Waals surface area contributed by atoms with Crippen molar-refractivity contribution >= 4 is 33.2 Å². The van der Waals surface area contributed by atoms with Crippen LogP contribution in [0.1, 0.15) is 18.4 Å². The zero-order valence-corrected chi connectivity index (χ0v) is 15.4. The molecule has 144 valence electrons. The first-order valence-corrected chi connectivity index (χ1v) is 11.0. The number of aryl methyl sites for hydroxylation is 1. The van der Waals surface area contributed by atoms with Crippen LogP contribution in [-0.2, 0) is 21.1 Å². The summed E-state index contributed by atoms with van der Waals surface area (Å²) in [7, 11) is -2.99. The molecular weight excluding hydrogens is 391 g/mol. The molecule has 2 aliphatic heterocycles. The van der Waals surface area contributed by atoms with Crippen molar-refractivity contribution in [1.29, 1.82) is 0 Å². The van der Waals surface area contributed by atoms with Crippen molar-refractivity contribution in [3.63, 3.8) is 0 Å². The lowest BCUT2D eigenvalue weighted by molar-refractivity contribution is -0.274. The van der Waals surface area contributed by atoms with Crippen LogP contribution in [0.15, 0.2) is 18.2 Å². The summed E-state index contributed by atoms with van der Waals surface area (Å²) < 4.78 is 63.9. The molecule has 2 aliphatic rings. The summed E-state index contributed by atoms with van der Waals surface area (Å²) in [6.45, 7) is 0.495. The van der Waals surface area contributed by atoms with Crippen LogP contribution in [0.4, 0.5) is 18.9 Å². The largest absolute Gasteiger partial charge is 0.573 e. The van der Waals surface area contributed by atoms with E-state index in [1.807, 2.05) is 0 Å². The van der Waals surface area contributed by atoms with Crippen LogP contribution in [0.25, 0.3) is 0 Å². The van der Waals surface area contributed by atoms with E-state index in [0.717, 1.165) is 0 Å². The number of hydrogen-bond donors (Lipinski definition) is 0. The van der Waals surface area contributed by atoms with Crippen molar-refractivity contribution in [3.05, 3.63) is 23.8 Å². The van der Waals surface area contributed by atoms with Gasteiger partial charge in [-0.25, -0.2) is 8.42 Å². The summed E-state index contributed by atoms with van der Waals surface area (Å²) in [6.07, 6.45) is -2.98. The standard InChI is InChI=1S/C16H18F3NO4S2/c17-16(18,19)24-12-3-4-14-11(8-12)2-1-6-20(14)15(21)9-25-13-5-7-26(22,23)10-13/h3-4,8,13H,1-2,5-7,9-10H2. The number of nitrogens with zero attached hydrogens (tertiary/aromatic N) is 1. The molecule has 5 nitrogen and oxygen atoms in total. The highest BCUT2D eigenvalue weighted by atomic mass is 32.2. The second-order valence-electron chi connectivity index (χ2n) is 6.32. The average Bonchev–Trinajstić information content (AvgIpc) is 2.89. The third-order valence-electron chi connectivity index (χ3n) is 4.34. The first kappa shape index (κ1) is 19.3. The Balaban J connectivity index is 1.66. The van der Waals surface area contributed by atoms with Gasteiger partial charge in [0.15, 0.2) is 9.84 Å². The van der Waals surface area contributed by atoms with E-state index in [1.165, 1.54) is 30.0 Å². The fourth-order valence-electron chi connectivity index (χ4n) is 3.19. The van der Waals surface area contributed by atoms with E-state index in [2.05, 4.69) is 4.74 Å². The molecule has 0 bridgehead atoms. The number of amides is 1. The minimum atomic E-state index is -4.75. The van der Waals surface area contributed by atoms with Gasteiger partial charge in [0.05, 0.1) is 17.3 Å². The number of fused-ring (bicyclic) bond motifs is 1. The highest BCUT2D eigenvalue weighted by Gasteiger charge is 2.32. The van der Waals surface area contributed by atoms with Crippen LogP contribution in [0.5, 0.6) is 5.75 Å². The molecule has 26 heavy (non-hydrogen) atoms. The molecular formula is C16H18F3NO4S2. The maximum Gasteiger partial charge on any atom is 0.573 e. The number of thioether (sulfide) groups is 1. The number of hydrogen-bond acceptors (Lipinski definition) is 5. The minimum absolute atomic E-state index is 0.0734. The zero-order chi connectivity index (χ0) is 18.9. The number of sulfone groups is 1. The maximum absolute atomic E-state index is 12.5. The summed E-state index contributed by atoms with van der Waals surface area (Å²) in [4.78, 5) is 14.1. The van der Waals surface area contributed by atoms with Gasteiger partial charge in [0.1, 0.15) is 5.75 Å². The van der Waals surface area contributed by atoms with Gasteiger partial charge in [0, 0.05) is 17.5 Å². The summed E-state index contributed by atoms with van der Waals surface area (Å²) in [5.74, 6) is -0.0474. The molecule has 0 saturated carbocycles. The number of ether oxygens (including phenoxy) is 1. The predicted octanol–water partition coefficient (Wildman–Crippen LogP) is 2.78. The van der Waals surface area contributed by atoms with Crippen LogP contribution < -0.4 is 9.64 Å². The maximum atomic E-state index is 12.5. The molecule has 0 radical (unpaired) electrons. The van der Waals surface area contributed by atoms with Gasteiger partial charge >= 0.3 is 6.36 Å². The van der Waals surface area contributed by atoms with Crippen LogP contribution in [-0.4, -0.2) is 49.7 Å². The fraction of sp³-hybridized carbons (Fsp3) is 0.562. The van der Waals surface area contributed by atoms with Crippen molar-refractivity contribution < 1.29 is 31.1 Å². The van der Waals surface area contributed by atoms with E-state index in [0.29, 0.717) is 37.1 Å². The lowest BCUT2D eigenvalue weighted by atomic mass is 10.0. The number of carbonyl (C=O) groups excluding carboxylic acids is 1. The van der Waals surface area contributed by atoms with Gasteiger partial charge < -0.3 is 9.64 Å². The SMILES string of the molecule is O=C(CSC1CCS(=O)(=O)C1)N1CCCc2cc(OC(F)(F)F)ccc21. The van der Waals surface area contributed by atoms with Gasteiger partial charge in [-0.2, -0.15) is 0 Å². The van der Waals surface area contributed by atoms with Crippen LogP contribution in [0, 0.1) is 0 Å². The predicted molar refractivity (Wildman–Crippen MR) is 93.3 cm³/mol. The molecule has 1 atom stereocenters. The minimum Gasteiger partial charge on any atom is -0.406 e. The zero-order valence-electron chi connectivity index (χ0n) is 13.8. The molecule has 0 N–H and O–H groups in total. The third-order valence-corrected chi connectivity index (χ3v) is 7.60. The van der Waals surface area contributed by atoms with Crippen LogP contribution in [0.3, 0.4) is 0 Å². The average molecular weight is 409 g/mol. The number of anilines is 1. The van der Waals surface area contributed by atoms with Gasteiger partial charge in [-0.15, -0.1) is 24.9 Å². The van der Waals surface area contributed by atoms with Gasteiger partial charge in [0.25, 0.3) is 0 Å². The number of halogens is 3. The topological polar surface area (TPSA) is 63.7 Å². The molecule has 1 saturated heterocycles. The second kappa shape index (κ2) is 7.30. The van der Waals surface area contributed by atoms with E-state index in [-0.39, 0.29) is 34.2 Å². The van der Waals surface area contributed by atoms with Crippen molar-refractivity contribution in [2.75, 3.05) is 28.7 Å². The second-order valence-corrected chi connectivity index (χ2v) is 9.84. The Bertz CT molecular complexity index is 795. The number of alkyl halides is 3. The summed E-state index contributed by atoms with van der Waals surface area (Å²) in [6, 6.07) is 3.99. The highest BCUT2D eigenvalue weighted by Crippen LogP contribution is 2.33. The lowest BCUT2D eigenvalue weighted by Gasteiger charge is -2.30. The summed E-state index contributed by atoms with van der Waals surface area (Å²) in [5, 5.41) is -0.0734. The third kappa shape index (κ3) is 4.85. The molecule has 1 aromatic carbocycles. The first-order valence-electron chi connectivity index (χ1n) is 8.14. The lowest BCUT2D eigenvalue weighted by Crippen LogP contribution is -2.37. The Morgan fingerprint density at radius 3 is 2.77 bits per heavy atom. The first-order chi connectivity index (χ1) is 12.1. The quantitative estimate of drug-likeness (QED) is 0.765. The van der Waals surface area contributed by atoms with Crippen molar-refractivity contribution in [3.8, 4) is 5.75 Å². The van der Waals surface area contributed by atoms with E-state index < -0.39 is 16.2 Å².